The van der Waals surface area contributed by atoms with Crippen LogP contribution < -0.4 is 5.73 Å². The van der Waals surface area contributed by atoms with Crippen molar-refractivity contribution in [1.29, 1.82) is 0 Å². The number of guanidine groups is 1. The van der Waals surface area contributed by atoms with Gasteiger partial charge in [0.2, 0.25) is 5.91 Å². The van der Waals surface area contributed by atoms with Crippen LogP contribution in [0.2, 0.25) is 0 Å². The Morgan fingerprint density at radius 3 is 2.45 bits per heavy atom. The highest BCUT2D eigenvalue weighted by atomic mass is 19.1. The number of amides is 1. The Bertz CT molecular complexity index is 1160. The molecule has 2 aromatic rings. The maximum atomic E-state index is 15.2. The molecule has 0 spiro atoms. The van der Waals surface area contributed by atoms with Gasteiger partial charge in [-0.25, -0.2) is 9.38 Å². The minimum atomic E-state index is -1.17. The smallest absolute Gasteiger partial charge is 0.303 e. The van der Waals surface area contributed by atoms with Gasteiger partial charge in [0.25, 0.3) is 0 Å². The second-order valence-corrected chi connectivity index (χ2v) is 9.91. The largest absolute Gasteiger partial charge is 0.481 e. The quantitative estimate of drug-likeness (QED) is 0.714. The van der Waals surface area contributed by atoms with Gasteiger partial charge in [-0.1, -0.05) is 36.4 Å². The molecule has 0 saturated carbocycles. The lowest BCUT2D eigenvalue weighted by molar-refractivity contribution is -0.140. The topological polar surface area (TPSA) is 96.0 Å². The highest BCUT2D eigenvalue weighted by molar-refractivity contribution is 6.01. The molecule has 1 amide bonds. The van der Waals surface area contributed by atoms with Gasteiger partial charge in [-0.2, -0.15) is 0 Å². The van der Waals surface area contributed by atoms with Gasteiger partial charge in [0, 0.05) is 12.6 Å². The number of hydrogen-bond acceptors (Lipinski definition) is 4. The Hall–Kier alpha value is -3.22. The van der Waals surface area contributed by atoms with Crippen molar-refractivity contribution in [3.63, 3.8) is 0 Å². The molecule has 174 valence electrons. The molecule has 6 nitrogen and oxygen atoms in total. The minimum Gasteiger partial charge on any atom is -0.481 e. The van der Waals surface area contributed by atoms with E-state index in [0.29, 0.717) is 12.0 Å². The number of nitrogens with two attached hydrogens (primary N) is 1. The highest BCUT2D eigenvalue weighted by Crippen LogP contribution is 2.48. The van der Waals surface area contributed by atoms with Crippen LogP contribution in [0.15, 0.2) is 47.5 Å². The average molecular weight is 452 g/mol. The van der Waals surface area contributed by atoms with E-state index in [1.165, 1.54) is 11.0 Å². The zero-order valence-electron chi connectivity index (χ0n) is 19.4. The first-order valence-corrected chi connectivity index (χ1v) is 11.2. The first-order valence-electron chi connectivity index (χ1n) is 11.2. The molecule has 1 heterocycles. The number of benzene rings is 2. The fourth-order valence-electron chi connectivity index (χ4n) is 5.38. The van der Waals surface area contributed by atoms with Gasteiger partial charge in [-0.3, -0.25) is 14.5 Å². The molecule has 0 bridgehead atoms. The summed E-state index contributed by atoms with van der Waals surface area (Å²) >= 11 is 0. The number of nitrogens with zero attached hydrogens (tertiary/aromatic N) is 2. The lowest BCUT2D eigenvalue weighted by atomic mass is 9.67. The summed E-state index contributed by atoms with van der Waals surface area (Å²) in [4.78, 5) is 30.2. The normalized spacial score (nSPS) is 26.2. The molecule has 2 aromatic carbocycles. The fraction of sp³-hybridized carbons (Fsp3) is 0.423. The van der Waals surface area contributed by atoms with Gasteiger partial charge in [-0.15, -0.1) is 0 Å². The molecular weight excluding hydrogens is 421 g/mol. The second-order valence-electron chi connectivity index (χ2n) is 9.91. The van der Waals surface area contributed by atoms with Gasteiger partial charge in [0.05, 0.1) is 11.8 Å². The molecule has 2 unspecified atom stereocenters. The highest BCUT2D eigenvalue weighted by Gasteiger charge is 2.53. The van der Waals surface area contributed by atoms with Crippen LogP contribution in [0.3, 0.4) is 0 Å². The summed E-state index contributed by atoms with van der Waals surface area (Å²) in [5, 5.41) is 9.33. The third kappa shape index (κ3) is 3.69. The number of carbonyl (C=O) groups is 2. The molecule has 1 aliphatic heterocycles. The monoisotopic (exact) mass is 451 g/mol. The number of rotatable bonds is 5. The van der Waals surface area contributed by atoms with Crippen LogP contribution in [0, 0.1) is 11.2 Å². The lowest BCUT2D eigenvalue weighted by Gasteiger charge is -2.46. The van der Waals surface area contributed by atoms with Crippen molar-refractivity contribution < 1.29 is 19.1 Å². The van der Waals surface area contributed by atoms with E-state index in [1.54, 1.807) is 40.0 Å². The summed E-state index contributed by atoms with van der Waals surface area (Å²) in [5.74, 6) is -1.29. The summed E-state index contributed by atoms with van der Waals surface area (Å²) in [5.41, 5.74) is 7.33. The van der Waals surface area contributed by atoms with E-state index >= 15 is 4.39 Å². The Kier molecular flexibility index (Phi) is 5.55. The Balaban J connectivity index is 1.71. The number of fused-ring (bicyclic) bond motifs is 1. The van der Waals surface area contributed by atoms with Crippen molar-refractivity contribution in [2.75, 3.05) is 7.05 Å². The predicted octanol–water partition coefficient (Wildman–Crippen LogP) is 4.14. The molecule has 2 aliphatic rings. The van der Waals surface area contributed by atoms with E-state index in [0.717, 1.165) is 23.1 Å². The van der Waals surface area contributed by atoms with Crippen molar-refractivity contribution >= 4 is 17.8 Å². The second kappa shape index (κ2) is 7.97. The molecule has 0 aromatic heterocycles. The van der Waals surface area contributed by atoms with Gasteiger partial charge < -0.3 is 10.8 Å². The molecule has 3 N–H and O–H groups in total. The number of hydrogen-bond donors (Lipinski definition) is 2. The maximum Gasteiger partial charge on any atom is 0.303 e. The molecule has 4 rings (SSSR count). The van der Waals surface area contributed by atoms with Crippen LogP contribution in [0.25, 0.3) is 0 Å². The van der Waals surface area contributed by atoms with Crippen LogP contribution >= 0.6 is 0 Å². The van der Waals surface area contributed by atoms with Crippen LogP contribution in [0.5, 0.6) is 0 Å². The van der Waals surface area contributed by atoms with Crippen molar-refractivity contribution in [2.45, 2.75) is 57.4 Å². The van der Waals surface area contributed by atoms with Crippen LogP contribution in [-0.4, -0.2) is 34.9 Å². The summed E-state index contributed by atoms with van der Waals surface area (Å²) in [6, 6.07) is 12.9. The summed E-state index contributed by atoms with van der Waals surface area (Å²) < 4.78 is 15.2. The van der Waals surface area contributed by atoms with Crippen LogP contribution in [0.4, 0.5) is 4.39 Å². The molecule has 0 saturated heterocycles. The van der Waals surface area contributed by atoms with E-state index in [4.69, 9.17) is 5.73 Å². The number of halogens is 1. The summed E-state index contributed by atoms with van der Waals surface area (Å²) in [7, 11) is 1.57. The van der Waals surface area contributed by atoms with E-state index in [-0.39, 0.29) is 30.1 Å². The number of carbonyl (C=O) groups excluding carboxylic acids is 1. The van der Waals surface area contributed by atoms with Gasteiger partial charge >= 0.3 is 5.97 Å². The van der Waals surface area contributed by atoms with Crippen molar-refractivity contribution in [2.24, 2.45) is 16.1 Å². The molecule has 33 heavy (non-hydrogen) atoms. The molecule has 0 fully saturated rings. The van der Waals surface area contributed by atoms with Crippen LogP contribution in [0.1, 0.15) is 67.7 Å². The first kappa shape index (κ1) is 23.0. The van der Waals surface area contributed by atoms with Gasteiger partial charge in [-0.05, 0) is 68.2 Å². The summed E-state index contributed by atoms with van der Waals surface area (Å²) in [6.07, 6.45) is 1.47. The number of carboxylic acids is 1. The SMILES string of the molecule is CN1C(=O)C(C)(C)[C@@](C)(c2cc(CC3CC(CC(=O)O)c4ccccc43)ccc2F)N=C1N. The number of aliphatic imine (C=N–C) groups is 1. The average Bonchev–Trinajstić information content (AvgIpc) is 3.09. The molecule has 7 heteroatoms. The van der Waals surface area contributed by atoms with E-state index < -0.39 is 22.7 Å². The van der Waals surface area contributed by atoms with Gasteiger partial charge in [0.15, 0.2) is 5.96 Å². The third-order valence-electron chi connectivity index (χ3n) is 7.64. The first-order chi connectivity index (χ1) is 15.5. The fourth-order valence-corrected chi connectivity index (χ4v) is 5.38. The Morgan fingerprint density at radius 1 is 1.18 bits per heavy atom. The summed E-state index contributed by atoms with van der Waals surface area (Å²) in [6.45, 7) is 5.27. The minimum absolute atomic E-state index is 0.0315. The number of aliphatic carboxylic acids is 1. The van der Waals surface area contributed by atoms with Crippen molar-refractivity contribution in [1.82, 2.24) is 4.90 Å². The Morgan fingerprint density at radius 2 is 1.82 bits per heavy atom. The zero-order chi connectivity index (χ0) is 24.1. The molecule has 0 radical (unpaired) electrons. The van der Waals surface area contributed by atoms with E-state index in [9.17, 15) is 14.7 Å². The van der Waals surface area contributed by atoms with E-state index in [2.05, 4.69) is 11.1 Å². The van der Waals surface area contributed by atoms with Crippen molar-refractivity contribution in [3.8, 4) is 0 Å². The third-order valence-corrected chi connectivity index (χ3v) is 7.64. The molecule has 3 atom stereocenters. The molecular formula is C26H30FN3O3. The predicted molar refractivity (Wildman–Crippen MR) is 124 cm³/mol. The lowest BCUT2D eigenvalue weighted by Crippen LogP contribution is -2.58. The number of carboxylic acid groups (broad SMARTS) is 1. The van der Waals surface area contributed by atoms with Crippen LogP contribution in [-0.2, 0) is 21.5 Å². The maximum absolute atomic E-state index is 15.2. The molecule has 1 aliphatic carbocycles. The Labute approximate surface area is 193 Å². The van der Waals surface area contributed by atoms with Crippen molar-refractivity contribution in [3.05, 3.63) is 70.5 Å². The zero-order valence-corrected chi connectivity index (χ0v) is 19.4. The standard InChI is InChI=1S/C26H30FN3O3/c1-25(2)23(33)30(4)24(28)29-26(25,3)20-12-15(9-10-21(20)27)11-16-13-17(14-22(31)32)19-8-6-5-7-18(16)19/h5-10,12,16-17H,11,13-14H2,1-4H3,(H2,28,29)(H,31,32)/t16?,17?,26-/m1/s1. The van der Waals surface area contributed by atoms with Gasteiger partial charge in [0.1, 0.15) is 11.4 Å². The van der Waals surface area contributed by atoms with E-state index in [1.807, 2.05) is 18.2 Å².